The van der Waals surface area contributed by atoms with E-state index in [1.54, 1.807) is 0 Å². The number of aryl methyl sites for hydroxylation is 3. The van der Waals surface area contributed by atoms with Gasteiger partial charge in [-0.3, -0.25) is 0 Å². The summed E-state index contributed by atoms with van der Waals surface area (Å²) in [6.07, 6.45) is 0. The van der Waals surface area contributed by atoms with Crippen molar-refractivity contribution in [3.05, 3.63) is 41.1 Å². The van der Waals surface area contributed by atoms with Crippen LogP contribution in [0.15, 0.2) is 24.3 Å². The van der Waals surface area contributed by atoms with Crippen LogP contribution in [-0.4, -0.2) is 48.1 Å². The number of hydrogen-bond donors (Lipinski definition) is 1. The molecule has 1 aromatic heterocycles. The Morgan fingerprint density at radius 2 is 1.61 bits per heavy atom. The lowest BCUT2D eigenvalue weighted by molar-refractivity contribution is 0.311. The third kappa shape index (κ3) is 3.62. The van der Waals surface area contributed by atoms with Crippen LogP contribution in [0.1, 0.15) is 16.8 Å². The summed E-state index contributed by atoms with van der Waals surface area (Å²) < 4.78 is 0. The zero-order valence-corrected chi connectivity index (χ0v) is 14.4. The summed E-state index contributed by atoms with van der Waals surface area (Å²) in [5.41, 5.74) is 4.57. The SMILES string of the molecule is Cc1cc(Nc2c(C)cccc2C)nc(N2CCN(C)CC2)n1. The molecule has 1 aromatic carbocycles. The largest absolute Gasteiger partial charge is 0.340 e. The summed E-state index contributed by atoms with van der Waals surface area (Å²) >= 11 is 0. The van der Waals surface area contributed by atoms with Crippen LogP contribution in [0.25, 0.3) is 0 Å². The standard InChI is InChI=1S/C18H25N5/c1-13-6-5-7-14(2)17(13)20-16-12-15(3)19-18(21-16)23-10-8-22(4)9-11-23/h5-7,12H,8-11H2,1-4H3,(H,19,20,21). The fourth-order valence-electron chi connectivity index (χ4n) is 2.90. The summed E-state index contributed by atoms with van der Waals surface area (Å²) in [4.78, 5) is 14.0. The average Bonchev–Trinajstić information content (AvgIpc) is 2.51. The van der Waals surface area contributed by atoms with Crippen molar-refractivity contribution in [2.75, 3.05) is 43.4 Å². The molecule has 23 heavy (non-hydrogen) atoms. The van der Waals surface area contributed by atoms with Crippen LogP contribution in [0.5, 0.6) is 0 Å². The second kappa shape index (κ2) is 6.54. The summed E-state index contributed by atoms with van der Waals surface area (Å²) in [5, 5.41) is 3.48. The smallest absolute Gasteiger partial charge is 0.227 e. The summed E-state index contributed by atoms with van der Waals surface area (Å²) in [5.74, 6) is 1.69. The first-order valence-electron chi connectivity index (χ1n) is 8.15. The number of anilines is 3. The topological polar surface area (TPSA) is 44.3 Å². The van der Waals surface area contributed by atoms with Crippen molar-refractivity contribution in [2.45, 2.75) is 20.8 Å². The van der Waals surface area contributed by atoms with Crippen LogP contribution in [-0.2, 0) is 0 Å². The van der Waals surface area contributed by atoms with Crippen LogP contribution >= 0.6 is 0 Å². The van der Waals surface area contributed by atoms with Gasteiger partial charge < -0.3 is 15.1 Å². The van der Waals surface area contributed by atoms with Crippen molar-refractivity contribution >= 4 is 17.5 Å². The van der Waals surface area contributed by atoms with Gasteiger partial charge in [0, 0.05) is 43.6 Å². The molecule has 3 rings (SSSR count). The van der Waals surface area contributed by atoms with Gasteiger partial charge in [-0.1, -0.05) is 18.2 Å². The molecule has 2 aromatic rings. The zero-order chi connectivity index (χ0) is 16.4. The third-order valence-electron chi connectivity index (χ3n) is 4.36. The highest BCUT2D eigenvalue weighted by Crippen LogP contribution is 2.24. The lowest BCUT2D eigenvalue weighted by Gasteiger charge is -2.32. The lowest BCUT2D eigenvalue weighted by atomic mass is 10.1. The minimum atomic E-state index is 0.826. The van der Waals surface area contributed by atoms with Gasteiger partial charge in [-0.25, -0.2) is 4.98 Å². The number of nitrogens with one attached hydrogen (secondary N) is 1. The van der Waals surface area contributed by atoms with Crippen molar-refractivity contribution < 1.29 is 0 Å². The highest BCUT2D eigenvalue weighted by atomic mass is 15.3. The highest BCUT2D eigenvalue weighted by Gasteiger charge is 2.17. The minimum absolute atomic E-state index is 0.826. The Morgan fingerprint density at radius 3 is 2.26 bits per heavy atom. The minimum Gasteiger partial charge on any atom is -0.340 e. The van der Waals surface area contributed by atoms with Crippen LogP contribution in [0.2, 0.25) is 0 Å². The molecule has 0 unspecified atom stereocenters. The van der Waals surface area contributed by atoms with E-state index in [1.165, 1.54) is 11.1 Å². The first-order valence-corrected chi connectivity index (χ1v) is 8.15. The third-order valence-corrected chi connectivity index (χ3v) is 4.36. The highest BCUT2D eigenvalue weighted by molar-refractivity contribution is 5.65. The first kappa shape index (κ1) is 15.7. The van der Waals surface area contributed by atoms with Gasteiger partial charge in [0.2, 0.25) is 5.95 Å². The van der Waals surface area contributed by atoms with E-state index in [-0.39, 0.29) is 0 Å². The number of benzene rings is 1. The quantitative estimate of drug-likeness (QED) is 0.944. The Kier molecular flexibility index (Phi) is 4.48. The fraction of sp³-hybridized carbons (Fsp3) is 0.444. The van der Waals surface area contributed by atoms with Gasteiger partial charge in [-0.15, -0.1) is 0 Å². The summed E-state index contributed by atoms with van der Waals surface area (Å²) in [6, 6.07) is 8.32. The van der Waals surface area contributed by atoms with Crippen molar-refractivity contribution in [3.8, 4) is 0 Å². The predicted molar refractivity (Wildman–Crippen MR) is 95.7 cm³/mol. The molecule has 0 saturated carbocycles. The molecule has 5 nitrogen and oxygen atoms in total. The predicted octanol–water partition coefficient (Wildman–Crippen LogP) is 2.90. The van der Waals surface area contributed by atoms with Gasteiger partial charge in [0.15, 0.2) is 0 Å². The zero-order valence-electron chi connectivity index (χ0n) is 14.4. The number of hydrogen-bond acceptors (Lipinski definition) is 5. The van der Waals surface area contributed by atoms with Crippen molar-refractivity contribution in [2.24, 2.45) is 0 Å². The fourth-order valence-corrected chi connectivity index (χ4v) is 2.90. The van der Waals surface area contributed by atoms with Gasteiger partial charge >= 0.3 is 0 Å². The molecule has 0 spiro atoms. The van der Waals surface area contributed by atoms with E-state index < -0.39 is 0 Å². The maximum atomic E-state index is 4.74. The summed E-state index contributed by atoms with van der Waals surface area (Å²) in [7, 11) is 2.16. The van der Waals surface area contributed by atoms with E-state index in [0.717, 1.165) is 49.3 Å². The summed E-state index contributed by atoms with van der Waals surface area (Å²) in [6.45, 7) is 10.3. The van der Waals surface area contributed by atoms with E-state index in [0.29, 0.717) is 0 Å². The van der Waals surface area contributed by atoms with Gasteiger partial charge in [0.05, 0.1) is 0 Å². The van der Waals surface area contributed by atoms with Crippen LogP contribution < -0.4 is 10.2 Å². The molecule has 1 fully saturated rings. The first-order chi connectivity index (χ1) is 11.0. The van der Waals surface area contributed by atoms with Gasteiger partial charge in [-0.05, 0) is 38.9 Å². The molecular weight excluding hydrogens is 286 g/mol. The number of aromatic nitrogens is 2. The van der Waals surface area contributed by atoms with Crippen LogP contribution in [0, 0.1) is 20.8 Å². The van der Waals surface area contributed by atoms with E-state index in [2.05, 4.69) is 59.2 Å². The normalized spacial score (nSPS) is 15.7. The number of nitrogens with zero attached hydrogens (tertiary/aromatic N) is 4. The van der Waals surface area contributed by atoms with Crippen molar-refractivity contribution in [1.29, 1.82) is 0 Å². The molecule has 0 atom stereocenters. The second-order valence-electron chi connectivity index (χ2n) is 6.38. The molecule has 2 heterocycles. The molecule has 122 valence electrons. The molecule has 0 amide bonds. The van der Waals surface area contributed by atoms with E-state index in [1.807, 2.05) is 13.0 Å². The number of piperazine rings is 1. The molecule has 0 bridgehead atoms. The Hall–Kier alpha value is -2.14. The maximum absolute atomic E-state index is 4.74. The van der Waals surface area contributed by atoms with Crippen LogP contribution in [0.4, 0.5) is 17.5 Å². The average molecular weight is 311 g/mol. The molecule has 5 heteroatoms. The Bertz CT molecular complexity index is 670. The van der Waals surface area contributed by atoms with E-state index >= 15 is 0 Å². The molecule has 1 aliphatic heterocycles. The molecule has 0 radical (unpaired) electrons. The molecule has 1 saturated heterocycles. The van der Waals surface area contributed by atoms with E-state index in [9.17, 15) is 0 Å². The molecular formula is C18H25N5. The lowest BCUT2D eigenvalue weighted by Crippen LogP contribution is -2.45. The van der Waals surface area contributed by atoms with Crippen molar-refractivity contribution in [3.63, 3.8) is 0 Å². The Labute approximate surface area is 138 Å². The Balaban J connectivity index is 1.86. The molecule has 1 N–H and O–H groups in total. The van der Waals surface area contributed by atoms with Crippen molar-refractivity contribution in [1.82, 2.24) is 14.9 Å². The Morgan fingerprint density at radius 1 is 0.957 bits per heavy atom. The number of likely N-dealkylation sites (N-methyl/N-ethyl adjacent to an activating group) is 1. The van der Waals surface area contributed by atoms with Gasteiger partial charge in [-0.2, -0.15) is 4.98 Å². The van der Waals surface area contributed by atoms with Gasteiger partial charge in [0.25, 0.3) is 0 Å². The number of para-hydroxylation sites is 1. The molecule has 1 aliphatic rings. The number of rotatable bonds is 3. The molecule has 0 aliphatic carbocycles. The van der Waals surface area contributed by atoms with E-state index in [4.69, 9.17) is 4.98 Å². The monoisotopic (exact) mass is 311 g/mol. The van der Waals surface area contributed by atoms with Gasteiger partial charge in [0.1, 0.15) is 5.82 Å². The second-order valence-corrected chi connectivity index (χ2v) is 6.38. The van der Waals surface area contributed by atoms with Crippen LogP contribution in [0.3, 0.4) is 0 Å². The maximum Gasteiger partial charge on any atom is 0.227 e.